The number of carbonyl (C=O) groups excluding carboxylic acids is 1. The molecule has 1 saturated carbocycles. The molecule has 0 spiro atoms. The Morgan fingerprint density at radius 1 is 1.25 bits per heavy atom. The molecule has 1 aromatic heterocycles. The molecule has 1 aliphatic carbocycles. The average Bonchev–Trinajstić information content (AvgIpc) is 3.06. The number of aromatic nitrogens is 2. The Hall–Kier alpha value is -2.97. The average molecular weight is 388 g/mol. The Morgan fingerprint density at radius 2 is 2.07 bits per heavy atom. The first-order chi connectivity index (χ1) is 13.5. The van der Waals surface area contributed by atoms with E-state index in [1.54, 1.807) is 0 Å². The highest BCUT2D eigenvalue weighted by molar-refractivity contribution is 5.96. The minimum Gasteiger partial charge on any atom is -0.454 e. The van der Waals surface area contributed by atoms with Crippen molar-refractivity contribution in [2.45, 2.75) is 25.2 Å². The Morgan fingerprint density at radius 3 is 2.89 bits per heavy atom. The van der Waals surface area contributed by atoms with Gasteiger partial charge in [0.2, 0.25) is 6.79 Å². The number of ether oxygens (including phenoxy) is 2. The molecule has 2 aromatic rings. The van der Waals surface area contributed by atoms with Crippen LogP contribution in [0.2, 0.25) is 0 Å². The van der Waals surface area contributed by atoms with Crippen LogP contribution in [0, 0.1) is 5.92 Å². The van der Waals surface area contributed by atoms with Gasteiger partial charge in [0.05, 0.1) is 0 Å². The summed E-state index contributed by atoms with van der Waals surface area (Å²) in [5, 5.41) is 5.79. The van der Waals surface area contributed by atoms with Crippen LogP contribution in [0.15, 0.2) is 18.2 Å². The molecule has 3 aliphatic rings. The zero-order valence-electron chi connectivity index (χ0n) is 14.9. The van der Waals surface area contributed by atoms with Crippen LogP contribution in [-0.4, -0.2) is 41.7 Å². The van der Waals surface area contributed by atoms with Crippen molar-refractivity contribution in [1.82, 2.24) is 15.3 Å². The Bertz CT molecular complexity index is 966. The molecule has 1 unspecified atom stereocenters. The van der Waals surface area contributed by atoms with Crippen molar-refractivity contribution >= 4 is 11.7 Å². The largest absolute Gasteiger partial charge is 0.454 e. The van der Waals surface area contributed by atoms with E-state index in [0.29, 0.717) is 53.8 Å². The molecule has 7 nitrogen and oxygen atoms in total. The Labute approximate surface area is 159 Å². The van der Waals surface area contributed by atoms with Gasteiger partial charge in [0.25, 0.3) is 11.8 Å². The van der Waals surface area contributed by atoms with E-state index in [-0.39, 0.29) is 25.7 Å². The van der Waals surface area contributed by atoms with E-state index in [1.807, 2.05) is 18.2 Å². The lowest BCUT2D eigenvalue weighted by Gasteiger charge is -2.20. The Kier molecular flexibility index (Phi) is 3.85. The second-order valence-electron chi connectivity index (χ2n) is 7.23. The predicted molar refractivity (Wildman–Crippen MR) is 95.0 cm³/mol. The molecule has 0 saturated heterocycles. The van der Waals surface area contributed by atoms with Gasteiger partial charge < -0.3 is 20.1 Å². The van der Waals surface area contributed by atoms with Crippen LogP contribution in [-0.2, 0) is 12.8 Å². The summed E-state index contributed by atoms with van der Waals surface area (Å²) < 4.78 is 37.1. The number of hydrogen-bond acceptors (Lipinski definition) is 6. The SMILES string of the molecule is O=C1NCCc2c(NCC3CC3(F)F)nc(Cc3ccc4c(c3)OCO4)nc21. The summed E-state index contributed by atoms with van der Waals surface area (Å²) >= 11 is 0. The summed E-state index contributed by atoms with van der Waals surface area (Å²) in [6, 6.07) is 5.55. The molecule has 28 heavy (non-hydrogen) atoms. The molecule has 0 radical (unpaired) electrons. The summed E-state index contributed by atoms with van der Waals surface area (Å²) in [4.78, 5) is 21.2. The summed E-state index contributed by atoms with van der Waals surface area (Å²) in [7, 11) is 0. The number of fused-ring (bicyclic) bond motifs is 2. The number of nitrogens with zero attached hydrogens (tertiary/aromatic N) is 2. The number of benzene rings is 1. The maximum atomic E-state index is 13.2. The van der Waals surface area contributed by atoms with Gasteiger partial charge in [-0.1, -0.05) is 6.07 Å². The molecule has 5 rings (SSSR count). The topological polar surface area (TPSA) is 85.4 Å². The third kappa shape index (κ3) is 3.10. The molecule has 0 bridgehead atoms. The van der Waals surface area contributed by atoms with Gasteiger partial charge >= 0.3 is 0 Å². The maximum absolute atomic E-state index is 13.2. The molecule has 1 amide bonds. The third-order valence-electron chi connectivity index (χ3n) is 5.20. The van der Waals surface area contributed by atoms with Crippen LogP contribution < -0.4 is 20.1 Å². The third-order valence-corrected chi connectivity index (χ3v) is 5.20. The molecular formula is C19H18F2N4O3. The first kappa shape index (κ1) is 17.2. The van der Waals surface area contributed by atoms with E-state index in [0.717, 1.165) is 5.56 Å². The van der Waals surface area contributed by atoms with E-state index in [9.17, 15) is 13.6 Å². The highest BCUT2D eigenvalue weighted by Gasteiger charge is 2.56. The van der Waals surface area contributed by atoms with E-state index >= 15 is 0 Å². The van der Waals surface area contributed by atoms with Crippen molar-refractivity contribution in [3.8, 4) is 11.5 Å². The fraction of sp³-hybridized carbons (Fsp3) is 0.421. The zero-order chi connectivity index (χ0) is 19.3. The molecule has 1 aromatic carbocycles. The number of hydrogen-bond donors (Lipinski definition) is 2. The highest BCUT2D eigenvalue weighted by atomic mass is 19.3. The first-order valence-corrected chi connectivity index (χ1v) is 9.18. The van der Waals surface area contributed by atoms with Crippen molar-refractivity contribution < 1.29 is 23.0 Å². The number of carbonyl (C=O) groups is 1. The lowest BCUT2D eigenvalue weighted by Crippen LogP contribution is -2.34. The standard InChI is InChI=1S/C19H18F2N4O3/c20-19(21)7-11(19)8-23-17-12-3-4-22-18(26)16(12)24-15(25-17)6-10-1-2-13-14(5-10)28-9-27-13/h1-2,5,11H,3-4,6-9H2,(H,22,26)(H,23,24,25). The van der Waals surface area contributed by atoms with E-state index < -0.39 is 11.8 Å². The zero-order valence-corrected chi connectivity index (χ0v) is 14.9. The first-order valence-electron chi connectivity index (χ1n) is 9.18. The van der Waals surface area contributed by atoms with Crippen LogP contribution in [0.1, 0.15) is 33.9 Å². The predicted octanol–water partition coefficient (Wildman–Crippen LogP) is 2.15. The number of amides is 1. The van der Waals surface area contributed by atoms with Crippen LogP contribution in [0.3, 0.4) is 0 Å². The monoisotopic (exact) mass is 388 g/mol. The van der Waals surface area contributed by atoms with Gasteiger partial charge in [-0.15, -0.1) is 0 Å². The van der Waals surface area contributed by atoms with Crippen LogP contribution in [0.4, 0.5) is 14.6 Å². The highest BCUT2D eigenvalue weighted by Crippen LogP contribution is 2.48. The Balaban J connectivity index is 1.43. The molecule has 2 N–H and O–H groups in total. The van der Waals surface area contributed by atoms with E-state index in [1.165, 1.54) is 0 Å². The smallest absolute Gasteiger partial charge is 0.270 e. The normalized spacial score (nSPS) is 21.1. The molecule has 2 aliphatic heterocycles. The van der Waals surface area contributed by atoms with Gasteiger partial charge in [0.15, 0.2) is 11.5 Å². The number of alkyl halides is 2. The quantitative estimate of drug-likeness (QED) is 0.817. The number of rotatable bonds is 5. The summed E-state index contributed by atoms with van der Waals surface area (Å²) in [6.45, 7) is 0.792. The lowest BCUT2D eigenvalue weighted by atomic mass is 10.1. The summed E-state index contributed by atoms with van der Waals surface area (Å²) in [5.74, 6) is -1.31. The van der Waals surface area contributed by atoms with Gasteiger partial charge in [-0.3, -0.25) is 4.79 Å². The van der Waals surface area contributed by atoms with E-state index in [4.69, 9.17) is 9.47 Å². The molecule has 146 valence electrons. The van der Waals surface area contributed by atoms with Crippen LogP contribution in [0.5, 0.6) is 11.5 Å². The minimum atomic E-state index is -2.60. The molecule has 3 heterocycles. The number of halogens is 2. The second kappa shape index (κ2) is 6.29. The number of nitrogens with one attached hydrogen (secondary N) is 2. The maximum Gasteiger partial charge on any atom is 0.270 e. The van der Waals surface area contributed by atoms with Gasteiger partial charge in [0, 0.05) is 37.4 Å². The van der Waals surface area contributed by atoms with Crippen molar-refractivity contribution in [1.29, 1.82) is 0 Å². The fourth-order valence-corrected chi connectivity index (χ4v) is 3.51. The van der Waals surface area contributed by atoms with Crippen LogP contribution >= 0.6 is 0 Å². The van der Waals surface area contributed by atoms with Gasteiger partial charge in [0.1, 0.15) is 17.3 Å². The minimum absolute atomic E-state index is 0.113. The summed E-state index contributed by atoms with van der Waals surface area (Å²) in [5.41, 5.74) is 1.89. The number of anilines is 1. The lowest BCUT2D eigenvalue weighted by molar-refractivity contribution is 0.0938. The van der Waals surface area contributed by atoms with Crippen molar-refractivity contribution in [3.63, 3.8) is 0 Å². The molecular weight excluding hydrogens is 370 g/mol. The van der Waals surface area contributed by atoms with Gasteiger partial charge in [-0.25, -0.2) is 18.7 Å². The van der Waals surface area contributed by atoms with E-state index in [2.05, 4.69) is 20.6 Å². The fourth-order valence-electron chi connectivity index (χ4n) is 3.51. The second-order valence-corrected chi connectivity index (χ2v) is 7.23. The summed E-state index contributed by atoms with van der Waals surface area (Å²) in [6.07, 6.45) is 0.831. The van der Waals surface area contributed by atoms with Crippen molar-refractivity contribution in [3.05, 3.63) is 40.8 Å². The van der Waals surface area contributed by atoms with Crippen molar-refractivity contribution in [2.75, 3.05) is 25.2 Å². The molecule has 9 heteroatoms. The van der Waals surface area contributed by atoms with Gasteiger partial charge in [-0.05, 0) is 24.1 Å². The van der Waals surface area contributed by atoms with Gasteiger partial charge in [-0.2, -0.15) is 0 Å². The molecule has 1 fully saturated rings. The van der Waals surface area contributed by atoms with Crippen LogP contribution in [0.25, 0.3) is 0 Å². The molecule has 1 atom stereocenters. The van der Waals surface area contributed by atoms with Crippen molar-refractivity contribution in [2.24, 2.45) is 5.92 Å².